The molecule has 0 aliphatic rings. The average Bonchev–Trinajstić information content (AvgIpc) is 2.38. The number of thiocarbonyl (C=S) groups is 1. The molecule has 19 heavy (non-hydrogen) atoms. The van der Waals surface area contributed by atoms with Crippen molar-refractivity contribution in [2.45, 2.75) is 26.3 Å². The number of rotatable bonds is 5. The van der Waals surface area contributed by atoms with Gasteiger partial charge in [0.15, 0.2) is 0 Å². The molecule has 0 aliphatic heterocycles. The van der Waals surface area contributed by atoms with Gasteiger partial charge < -0.3 is 10.6 Å². The fourth-order valence-electron chi connectivity index (χ4n) is 2.11. The van der Waals surface area contributed by atoms with Crippen molar-refractivity contribution in [3.8, 4) is 0 Å². The van der Waals surface area contributed by atoms with E-state index in [-0.39, 0.29) is 0 Å². The molecule has 0 saturated heterocycles. The van der Waals surface area contributed by atoms with Gasteiger partial charge in [0.1, 0.15) is 0 Å². The van der Waals surface area contributed by atoms with Crippen molar-refractivity contribution in [3.05, 3.63) is 30.5 Å². The van der Waals surface area contributed by atoms with Gasteiger partial charge in [-0.3, -0.25) is 0 Å². The maximum absolute atomic E-state index is 5.61. The first-order valence-electron chi connectivity index (χ1n) is 6.35. The lowest BCUT2D eigenvalue weighted by atomic mass is 10.1. The van der Waals surface area contributed by atoms with E-state index < -0.39 is 0 Å². The molecular weight excluding hydrogens is 256 g/mol. The molecule has 100 valence electrons. The number of nitrogens with two attached hydrogens (primary N) is 1. The van der Waals surface area contributed by atoms with Crippen LogP contribution in [0.1, 0.15) is 20.3 Å². The number of benzene rings is 1. The molecule has 1 aromatic heterocycles. The molecule has 0 unspecified atom stereocenters. The van der Waals surface area contributed by atoms with Crippen molar-refractivity contribution in [1.29, 1.82) is 0 Å². The number of hydrogen-bond donors (Lipinski definition) is 1. The molecule has 0 radical (unpaired) electrons. The van der Waals surface area contributed by atoms with Crippen LogP contribution in [0, 0.1) is 0 Å². The highest BCUT2D eigenvalue weighted by Gasteiger charge is 2.14. The minimum Gasteiger partial charge on any atom is -0.393 e. The molecule has 0 fully saturated rings. The van der Waals surface area contributed by atoms with Gasteiger partial charge in [-0.1, -0.05) is 30.4 Å². The Kier molecular flexibility index (Phi) is 4.27. The summed E-state index contributed by atoms with van der Waals surface area (Å²) < 4.78 is 0. The second-order valence-electron chi connectivity index (χ2n) is 4.75. The Morgan fingerprint density at radius 2 is 2.11 bits per heavy atom. The summed E-state index contributed by atoms with van der Waals surface area (Å²) >= 11 is 4.97. The van der Waals surface area contributed by atoms with Crippen LogP contribution in [0.4, 0.5) is 5.69 Å². The Balaban J connectivity index is 2.41. The van der Waals surface area contributed by atoms with Crippen molar-refractivity contribution in [3.63, 3.8) is 0 Å². The summed E-state index contributed by atoms with van der Waals surface area (Å²) in [5.41, 5.74) is 7.59. The molecule has 1 heterocycles. The highest BCUT2D eigenvalue weighted by Crippen LogP contribution is 2.25. The Hall–Kier alpha value is -1.75. The van der Waals surface area contributed by atoms with Crippen LogP contribution < -0.4 is 10.6 Å². The SMILES string of the molecule is CC(C)N(CCC(N)=S)c1cnnc2ccccc12. The summed E-state index contributed by atoms with van der Waals surface area (Å²) in [6.45, 7) is 5.09. The van der Waals surface area contributed by atoms with E-state index in [4.69, 9.17) is 18.0 Å². The van der Waals surface area contributed by atoms with E-state index in [0.717, 1.165) is 23.1 Å². The number of anilines is 1. The summed E-state index contributed by atoms with van der Waals surface area (Å²) in [4.78, 5) is 2.80. The van der Waals surface area contributed by atoms with Crippen LogP contribution in [-0.2, 0) is 0 Å². The van der Waals surface area contributed by atoms with Gasteiger partial charge in [0.05, 0.1) is 22.4 Å². The molecule has 1 aromatic carbocycles. The standard InChI is InChI=1S/C14H18N4S/c1-10(2)18(8-7-14(15)19)13-9-16-17-12-6-4-3-5-11(12)13/h3-6,9-10H,7-8H2,1-2H3,(H2,15,19). The Labute approximate surface area is 118 Å². The van der Waals surface area contributed by atoms with E-state index in [9.17, 15) is 0 Å². The van der Waals surface area contributed by atoms with Crippen LogP contribution in [0.25, 0.3) is 10.9 Å². The molecular formula is C14H18N4S. The zero-order valence-electron chi connectivity index (χ0n) is 11.2. The highest BCUT2D eigenvalue weighted by atomic mass is 32.1. The Morgan fingerprint density at radius 1 is 1.37 bits per heavy atom. The highest BCUT2D eigenvalue weighted by molar-refractivity contribution is 7.80. The van der Waals surface area contributed by atoms with Crippen LogP contribution in [-0.4, -0.2) is 27.8 Å². The van der Waals surface area contributed by atoms with Gasteiger partial charge in [-0.2, -0.15) is 10.2 Å². The molecule has 0 bridgehead atoms. The van der Waals surface area contributed by atoms with Crippen molar-refractivity contribution in [2.75, 3.05) is 11.4 Å². The topological polar surface area (TPSA) is 55.0 Å². The van der Waals surface area contributed by atoms with Crippen LogP contribution in [0.15, 0.2) is 30.5 Å². The van der Waals surface area contributed by atoms with Gasteiger partial charge in [0.2, 0.25) is 0 Å². The number of aromatic nitrogens is 2. The molecule has 2 rings (SSSR count). The number of nitrogens with zero attached hydrogens (tertiary/aromatic N) is 3. The molecule has 0 amide bonds. The van der Waals surface area contributed by atoms with Crippen LogP contribution in [0.5, 0.6) is 0 Å². The smallest absolute Gasteiger partial charge is 0.0950 e. The molecule has 4 nitrogen and oxygen atoms in total. The lowest BCUT2D eigenvalue weighted by Crippen LogP contribution is -2.34. The zero-order valence-corrected chi connectivity index (χ0v) is 12.0. The predicted molar refractivity (Wildman–Crippen MR) is 83.4 cm³/mol. The van der Waals surface area contributed by atoms with Crippen LogP contribution in [0.2, 0.25) is 0 Å². The quantitative estimate of drug-likeness (QED) is 0.849. The third-order valence-electron chi connectivity index (χ3n) is 3.06. The minimum atomic E-state index is 0.349. The first kappa shape index (κ1) is 13.7. The first-order valence-corrected chi connectivity index (χ1v) is 6.76. The maximum atomic E-state index is 5.61. The van der Waals surface area contributed by atoms with Gasteiger partial charge in [0, 0.05) is 24.4 Å². The van der Waals surface area contributed by atoms with E-state index in [1.54, 1.807) is 0 Å². The Bertz CT molecular complexity index is 577. The van der Waals surface area contributed by atoms with E-state index in [0.29, 0.717) is 17.5 Å². The fraction of sp³-hybridized carbons (Fsp3) is 0.357. The van der Waals surface area contributed by atoms with Gasteiger partial charge in [-0.25, -0.2) is 0 Å². The van der Waals surface area contributed by atoms with Crippen LogP contribution >= 0.6 is 12.2 Å². The van der Waals surface area contributed by atoms with Gasteiger partial charge in [-0.05, 0) is 19.9 Å². The molecule has 0 saturated carbocycles. The van der Waals surface area contributed by atoms with Crippen molar-refractivity contribution in [1.82, 2.24) is 10.2 Å². The maximum Gasteiger partial charge on any atom is 0.0950 e. The van der Waals surface area contributed by atoms with Crippen molar-refractivity contribution >= 4 is 33.8 Å². The van der Waals surface area contributed by atoms with E-state index in [1.807, 2.05) is 24.4 Å². The first-order chi connectivity index (χ1) is 9.09. The van der Waals surface area contributed by atoms with Crippen molar-refractivity contribution in [2.24, 2.45) is 5.73 Å². The lowest BCUT2D eigenvalue weighted by Gasteiger charge is -2.29. The molecule has 2 N–H and O–H groups in total. The normalized spacial score (nSPS) is 10.9. The second-order valence-corrected chi connectivity index (χ2v) is 5.27. The zero-order chi connectivity index (χ0) is 13.8. The second kappa shape index (κ2) is 5.93. The summed E-state index contributed by atoms with van der Waals surface area (Å²) in [5.74, 6) is 0. The average molecular weight is 274 g/mol. The van der Waals surface area contributed by atoms with Gasteiger partial charge >= 0.3 is 0 Å². The number of hydrogen-bond acceptors (Lipinski definition) is 4. The Morgan fingerprint density at radius 3 is 2.79 bits per heavy atom. The molecule has 0 atom stereocenters. The van der Waals surface area contributed by atoms with Crippen molar-refractivity contribution < 1.29 is 0 Å². The third kappa shape index (κ3) is 3.17. The van der Waals surface area contributed by atoms with Gasteiger partial charge in [-0.15, -0.1) is 0 Å². The predicted octanol–water partition coefficient (Wildman–Crippen LogP) is 2.52. The molecule has 0 spiro atoms. The molecule has 5 heteroatoms. The van der Waals surface area contributed by atoms with E-state index >= 15 is 0 Å². The third-order valence-corrected chi connectivity index (χ3v) is 3.26. The number of fused-ring (bicyclic) bond motifs is 1. The summed E-state index contributed by atoms with van der Waals surface area (Å²) in [5, 5.41) is 9.34. The summed E-state index contributed by atoms with van der Waals surface area (Å²) in [6.07, 6.45) is 2.51. The molecule has 0 aliphatic carbocycles. The van der Waals surface area contributed by atoms with Crippen LogP contribution in [0.3, 0.4) is 0 Å². The molecule has 2 aromatic rings. The minimum absolute atomic E-state index is 0.349. The monoisotopic (exact) mass is 274 g/mol. The summed E-state index contributed by atoms with van der Waals surface area (Å²) in [7, 11) is 0. The largest absolute Gasteiger partial charge is 0.393 e. The van der Waals surface area contributed by atoms with E-state index in [2.05, 4.69) is 35.0 Å². The van der Waals surface area contributed by atoms with Gasteiger partial charge in [0.25, 0.3) is 0 Å². The lowest BCUT2D eigenvalue weighted by molar-refractivity contribution is 0.691. The summed E-state index contributed by atoms with van der Waals surface area (Å²) in [6, 6.07) is 8.37. The fourth-order valence-corrected chi connectivity index (χ4v) is 2.20. The van der Waals surface area contributed by atoms with E-state index in [1.165, 1.54) is 0 Å².